The molecule has 1 aliphatic carbocycles. The summed E-state index contributed by atoms with van der Waals surface area (Å²) in [5.41, 5.74) is 0.853. The molecule has 0 bridgehead atoms. The van der Waals surface area contributed by atoms with Crippen molar-refractivity contribution in [2.24, 2.45) is 0 Å². The monoisotopic (exact) mass is 180 g/mol. The van der Waals surface area contributed by atoms with Crippen LogP contribution in [0.3, 0.4) is 0 Å². The average molecular weight is 180 g/mol. The van der Waals surface area contributed by atoms with Crippen LogP contribution in [0.4, 0.5) is 0 Å². The van der Waals surface area contributed by atoms with E-state index in [1.165, 1.54) is 0 Å². The Morgan fingerprint density at radius 3 is 2.38 bits per heavy atom. The number of hydrogen-bond donors (Lipinski definition) is 2. The summed E-state index contributed by atoms with van der Waals surface area (Å²) in [4.78, 5) is 10.7. The van der Waals surface area contributed by atoms with Gasteiger partial charge in [-0.15, -0.1) is 0 Å². The van der Waals surface area contributed by atoms with Crippen LogP contribution in [0.25, 0.3) is 0 Å². The van der Waals surface area contributed by atoms with Gasteiger partial charge in [0.1, 0.15) is 0 Å². The van der Waals surface area contributed by atoms with Crippen LogP contribution >= 0.6 is 0 Å². The van der Waals surface area contributed by atoms with E-state index in [1.807, 2.05) is 0 Å². The Morgan fingerprint density at radius 1 is 1.38 bits per heavy atom. The molecule has 0 saturated heterocycles. The van der Waals surface area contributed by atoms with Crippen LogP contribution in [-0.4, -0.2) is 18.0 Å². The van der Waals surface area contributed by atoms with Crippen molar-refractivity contribution in [2.75, 3.05) is 0 Å². The van der Waals surface area contributed by atoms with Crippen LogP contribution < -0.4 is 10.6 Å². The molecular weight excluding hydrogens is 164 g/mol. The standard InChI is InChI=1S/C10H16N2O/c1-4-7(2)11-9-5-10(6-9)12-8(3)13/h4,9-11H,1-2,5-6H2,3H3,(H,12,13). The number of rotatable bonds is 4. The second-order valence-corrected chi connectivity index (χ2v) is 3.44. The largest absolute Gasteiger partial charge is 0.383 e. The van der Waals surface area contributed by atoms with E-state index < -0.39 is 0 Å². The second-order valence-electron chi connectivity index (χ2n) is 3.44. The van der Waals surface area contributed by atoms with Crippen molar-refractivity contribution >= 4 is 5.91 Å². The molecule has 0 heterocycles. The van der Waals surface area contributed by atoms with Gasteiger partial charge >= 0.3 is 0 Å². The smallest absolute Gasteiger partial charge is 0.217 e. The first-order valence-electron chi connectivity index (χ1n) is 4.46. The topological polar surface area (TPSA) is 41.1 Å². The summed E-state index contributed by atoms with van der Waals surface area (Å²) in [7, 11) is 0. The van der Waals surface area contributed by atoms with Crippen LogP contribution in [-0.2, 0) is 4.79 Å². The predicted molar refractivity (Wildman–Crippen MR) is 53.1 cm³/mol. The maximum absolute atomic E-state index is 10.7. The first-order chi connectivity index (χ1) is 6.11. The maximum Gasteiger partial charge on any atom is 0.217 e. The highest BCUT2D eigenvalue weighted by atomic mass is 16.1. The molecule has 0 aromatic heterocycles. The van der Waals surface area contributed by atoms with E-state index in [1.54, 1.807) is 13.0 Å². The van der Waals surface area contributed by atoms with Crippen LogP contribution in [0.5, 0.6) is 0 Å². The number of carbonyl (C=O) groups excluding carboxylic acids is 1. The normalized spacial score (nSPS) is 25.6. The van der Waals surface area contributed by atoms with Crippen LogP contribution in [0.15, 0.2) is 24.9 Å². The van der Waals surface area contributed by atoms with Crippen LogP contribution in [0.2, 0.25) is 0 Å². The number of hydrogen-bond acceptors (Lipinski definition) is 2. The van der Waals surface area contributed by atoms with E-state index in [-0.39, 0.29) is 5.91 Å². The van der Waals surface area contributed by atoms with E-state index in [0.29, 0.717) is 12.1 Å². The van der Waals surface area contributed by atoms with E-state index in [2.05, 4.69) is 23.8 Å². The second kappa shape index (κ2) is 4.12. The summed E-state index contributed by atoms with van der Waals surface area (Å²) < 4.78 is 0. The fourth-order valence-corrected chi connectivity index (χ4v) is 1.46. The molecule has 1 amide bonds. The summed E-state index contributed by atoms with van der Waals surface area (Å²) in [6.45, 7) is 8.92. The summed E-state index contributed by atoms with van der Waals surface area (Å²) in [6.07, 6.45) is 3.66. The SMILES string of the molecule is C=CC(=C)NC1CC(NC(C)=O)C1. The molecule has 0 aromatic carbocycles. The fraction of sp³-hybridized carbons (Fsp3) is 0.500. The number of allylic oxidation sites excluding steroid dienone is 1. The Labute approximate surface area is 78.9 Å². The molecule has 0 aromatic rings. The molecule has 0 unspecified atom stereocenters. The predicted octanol–water partition coefficient (Wildman–Crippen LogP) is 0.943. The quantitative estimate of drug-likeness (QED) is 0.632. The molecule has 0 aliphatic heterocycles. The maximum atomic E-state index is 10.7. The summed E-state index contributed by atoms with van der Waals surface area (Å²) in [5.74, 6) is 0.0472. The van der Waals surface area contributed by atoms with Gasteiger partial charge in [0.25, 0.3) is 0 Å². The van der Waals surface area contributed by atoms with E-state index in [0.717, 1.165) is 18.5 Å². The Morgan fingerprint density at radius 2 is 1.92 bits per heavy atom. The minimum atomic E-state index is 0.0472. The van der Waals surface area contributed by atoms with Gasteiger partial charge in [-0.05, 0) is 18.9 Å². The molecule has 3 heteroatoms. The summed E-state index contributed by atoms with van der Waals surface area (Å²) >= 11 is 0. The zero-order valence-corrected chi connectivity index (χ0v) is 7.97. The van der Waals surface area contributed by atoms with Crippen molar-refractivity contribution in [1.82, 2.24) is 10.6 Å². The number of nitrogens with one attached hydrogen (secondary N) is 2. The van der Waals surface area contributed by atoms with Gasteiger partial charge in [0, 0.05) is 24.7 Å². The molecule has 3 nitrogen and oxygen atoms in total. The zero-order valence-electron chi connectivity index (χ0n) is 7.97. The Balaban J connectivity index is 2.15. The molecule has 2 N–H and O–H groups in total. The summed E-state index contributed by atoms with van der Waals surface area (Å²) in [6, 6.07) is 0.787. The fourth-order valence-electron chi connectivity index (χ4n) is 1.46. The highest BCUT2D eigenvalue weighted by Crippen LogP contribution is 2.20. The lowest BCUT2D eigenvalue weighted by Gasteiger charge is -2.36. The molecular formula is C10H16N2O. The van der Waals surface area contributed by atoms with Gasteiger partial charge in [0.15, 0.2) is 0 Å². The van der Waals surface area contributed by atoms with Gasteiger partial charge in [0.2, 0.25) is 5.91 Å². The molecule has 1 aliphatic rings. The molecule has 0 radical (unpaired) electrons. The first-order valence-corrected chi connectivity index (χ1v) is 4.46. The third-order valence-electron chi connectivity index (χ3n) is 2.18. The number of carbonyl (C=O) groups is 1. The lowest BCUT2D eigenvalue weighted by Crippen LogP contribution is -2.51. The lowest BCUT2D eigenvalue weighted by molar-refractivity contribution is -0.120. The molecule has 1 fully saturated rings. The third kappa shape index (κ3) is 2.93. The van der Waals surface area contributed by atoms with Crippen molar-refractivity contribution in [3.63, 3.8) is 0 Å². The van der Waals surface area contributed by atoms with Crippen molar-refractivity contribution in [2.45, 2.75) is 31.8 Å². The van der Waals surface area contributed by atoms with Crippen molar-refractivity contribution < 1.29 is 4.79 Å². The van der Waals surface area contributed by atoms with Gasteiger partial charge in [-0.3, -0.25) is 4.79 Å². The van der Waals surface area contributed by atoms with Gasteiger partial charge in [-0.2, -0.15) is 0 Å². The van der Waals surface area contributed by atoms with E-state index in [9.17, 15) is 4.79 Å². The minimum Gasteiger partial charge on any atom is -0.383 e. The van der Waals surface area contributed by atoms with Crippen LogP contribution in [0.1, 0.15) is 19.8 Å². The molecule has 72 valence electrons. The first kappa shape index (κ1) is 9.84. The minimum absolute atomic E-state index is 0.0472. The molecule has 1 rings (SSSR count). The van der Waals surface area contributed by atoms with E-state index in [4.69, 9.17) is 0 Å². The Bertz CT molecular complexity index is 229. The Kier molecular flexibility index (Phi) is 3.12. The Hall–Kier alpha value is -1.25. The lowest BCUT2D eigenvalue weighted by atomic mass is 9.86. The van der Waals surface area contributed by atoms with Gasteiger partial charge in [-0.25, -0.2) is 0 Å². The third-order valence-corrected chi connectivity index (χ3v) is 2.18. The summed E-state index contributed by atoms with van der Waals surface area (Å²) in [5, 5.41) is 6.07. The van der Waals surface area contributed by atoms with Crippen molar-refractivity contribution in [3.05, 3.63) is 24.9 Å². The van der Waals surface area contributed by atoms with Gasteiger partial charge in [-0.1, -0.05) is 13.2 Å². The molecule has 1 saturated carbocycles. The molecule has 0 atom stereocenters. The van der Waals surface area contributed by atoms with Gasteiger partial charge < -0.3 is 10.6 Å². The van der Waals surface area contributed by atoms with E-state index >= 15 is 0 Å². The van der Waals surface area contributed by atoms with Gasteiger partial charge in [0.05, 0.1) is 0 Å². The average Bonchev–Trinajstić information content (AvgIpc) is 1.99. The highest BCUT2D eigenvalue weighted by Gasteiger charge is 2.29. The zero-order chi connectivity index (χ0) is 9.84. The molecule has 0 spiro atoms. The van der Waals surface area contributed by atoms with Crippen molar-refractivity contribution in [3.8, 4) is 0 Å². The van der Waals surface area contributed by atoms with Crippen molar-refractivity contribution in [1.29, 1.82) is 0 Å². The number of amides is 1. The molecule has 13 heavy (non-hydrogen) atoms. The highest BCUT2D eigenvalue weighted by molar-refractivity contribution is 5.73. The van der Waals surface area contributed by atoms with Crippen LogP contribution in [0, 0.1) is 0 Å².